The van der Waals surface area contributed by atoms with E-state index in [0.29, 0.717) is 25.9 Å². The Morgan fingerprint density at radius 1 is 1.12 bits per heavy atom. The molecule has 1 unspecified atom stereocenters. The highest BCUT2D eigenvalue weighted by molar-refractivity contribution is 5.78. The lowest BCUT2D eigenvalue weighted by Gasteiger charge is -2.23. The summed E-state index contributed by atoms with van der Waals surface area (Å²) in [7, 11) is 1.84. The Kier molecular flexibility index (Phi) is 12.4. The van der Waals surface area contributed by atoms with Crippen molar-refractivity contribution in [1.82, 2.24) is 10.2 Å². The van der Waals surface area contributed by atoms with E-state index in [2.05, 4.69) is 12.2 Å². The maximum Gasteiger partial charge on any atom is 0.306 e. The predicted molar refractivity (Wildman–Crippen MR) is 101 cm³/mol. The van der Waals surface area contributed by atoms with Crippen LogP contribution >= 0.6 is 0 Å². The van der Waals surface area contributed by atoms with E-state index in [4.69, 9.17) is 4.74 Å². The van der Waals surface area contributed by atoms with E-state index in [9.17, 15) is 9.59 Å². The molecule has 0 aromatic rings. The van der Waals surface area contributed by atoms with Crippen LogP contribution < -0.4 is 5.32 Å². The number of nitrogens with zero attached hydrogens (tertiary/aromatic N) is 1. The topological polar surface area (TPSA) is 58.6 Å². The van der Waals surface area contributed by atoms with Gasteiger partial charge in [-0.15, -0.1) is 0 Å². The molecule has 0 saturated carbocycles. The molecule has 1 rings (SSSR count). The van der Waals surface area contributed by atoms with Crippen LogP contribution in [0.5, 0.6) is 0 Å². The van der Waals surface area contributed by atoms with Gasteiger partial charge in [0.25, 0.3) is 0 Å². The summed E-state index contributed by atoms with van der Waals surface area (Å²) in [6.07, 6.45) is 12.9. The smallest absolute Gasteiger partial charge is 0.306 e. The normalized spacial score (nSPS) is 15.6. The van der Waals surface area contributed by atoms with Gasteiger partial charge in [0.1, 0.15) is 6.10 Å². The molecule has 1 fully saturated rings. The van der Waals surface area contributed by atoms with Crippen molar-refractivity contribution in [2.24, 2.45) is 0 Å². The third-order valence-corrected chi connectivity index (χ3v) is 4.81. The summed E-state index contributed by atoms with van der Waals surface area (Å²) >= 11 is 0. The van der Waals surface area contributed by atoms with Crippen molar-refractivity contribution in [2.45, 2.75) is 90.1 Å². The Labute approximate surface area is 153 Å². The molecule has 0 bridgehead atoms. The zero-order valence-corrected chi connectivity index (χ0v) is 16.4. The summed E-state index contributed by atoms with van der Waals surface area (Å²) in [5.41, 5.74) is 0. The standard InChI is InChI=1S/C20H38N2O3/c1-3-4-5-6-7-8-9-10-11-14-20(24)25-18(16-21-2)17-22-15-12-13-19(22)23/h18,21H,3-17H2,1-2H3. The monoisotopic (exact) mass is 354 g/mol. The van der Waals surface area contributed by atoms with Crippen molar-refractivity contribution < 1.29 is 14.3 Å². The third-order valence-electron chi connectivity index (χ3n) is 4.81. The summed E-state index contributed by atoms with van der Waals surface area (Å²) < 4.78 is 5.58. The summed E-state index contributed by atoms with van der Waals surface area (Å²) in [5, 5.41) is 3.05. The van der Waals surface area contributed by atoms with Crippen LogP contribution in [0.15, 0.2) is 0 Å². The first-order valence-corrected chi connectivity index (χ1v) is 10.3. The molecular formula is C20H38N2O3. The zero-order valence-electron chi connectivity index (χ0n) is 16.4. The van der Waals surface area contributed by atoms with Gasteiger partial charge in [-0.25, -0.2) is 0 Å². The maximum absolute atomic E-state index is 12.0. The molecule has 1 aliphatic heterocycles. The van der Waals surface area contributed by atoms with E-state index in [1.54, 1.807) is 0 Å². The molecule has 146 valence electrons. The molecule has 0 aromatic heterocycles. The number of unbranched alkanes of at least 4 members (excludes halogenated alkanes) is 8. The summed E-state index contributed by atoms with van der Waals surface area (Å²) in [6.45, 7) is 4.13. The number of amides is 1. The van der Waals surface area contributed by atoms with Gasteiger partial charge >= 0.3 is 5.97 Å². The van der Waals surface area contributed by atoms with Gasteiger partial charge in [-0.3, -0.25) is 9.59 Å². The van der Waals surface area contributed by atoms with Crippen molar-refractivity contribution in [3.05, 3.63) is 0 Å². The van der Waals surface area contributed by atoms with Gasteiger partial charge in [0, 0.05) is 25.9 Å². The number of likely N-dealkylation sites (tertiary alicyclic amines) is 1. The van der Waals surface area contributed by atoms with Crippen molar-refractivity contribution in [3.63, 3.8) is 0 Å². The molecule has 5 nitrogen and oxygen atoms in total. The van der Waals surface area contributed by atoms with Gasteiger partial charge in [-0.05, 0) is 19.9 Å². The minimum absolute atomic E-state index is 0.130. The third kappa shape index (κ3) is 10.5. The molecule has 1 atom stereocenters. The van der Waals surface area contributed by atoms with Gasteiger partial charge in [0.15, 0.2) is 0 Å². The van der Waals surface area contributed by atoms with E-state index in [-0.39, 0.29) is 18.0 Å². The molecule has 0 aliphatic carbocycles. The SMILES string of the molecule is CCCCCCCCCCCC(=O)OC(CNC)CN1CCCC1=O. The number of esters is 1. The number of nitrogens with one attached hydrogen (secondary N) is 1. The molecule has 1 aliphatic rings. The summed E-state index contributed by atoms with van der Waals surface area (Å²) in [5.74, 6) is 0.0472. The van der Waals surface area contributed by atoms with Crippen molar-refractivity contribution in [1.29, 1.82) is 0 Å². The predicted octanol–water partition coefficient (Wildman–Crippen LogP) is 3.66. The van der Waals surface area contributed by atoms with Gasteiger partial charge in [0.2, 0.25) is 5.91 Å². The Balaban J connectivity index is 2.08. The second-order valence-corrected chi connectivity index (χ2v) is 7.19. The Bertz CT molecular complexity index is 374. The Morgan fingerprint density at radius 2 is 1.76 bits per heavy atom. The van der Waals surface area contributed by atoms with Crippen LogP contribution in [0.3, 0.4) is 0 Å². The number of hydrogen-bond acceptors (Lipinski definition) is 4. The highest BCUT2D eigenvalue weighted by atomic mass is 16.5. The number of carbonyl (C=O) groups is 2. The lowest BCUT2D eigenvalue weighted by Crippen LogP contribution is -2.40. The molecule has 1 heterocycles. The average Bonchev–Trinajstić information content (AvgIpc) is 2.98. The first-order chi connectivity index (χ1) is 12.2. The number of likely N-dealkylation sites (N-methyl/N-ethyl adjacent to an activating group) is 1. The number of rotatable bonds is 15. The summed E-state index contributed by atoms with van der Waals surface area (Å²) in [4.78, 5) is 25.6. The highest BCUT2D eigenvalue weighted by Gasteiger charge is 2.25. The fourth-order valence-electron chi connectivity index (χ4n) is 3.34. The zero-order chi connectivity index (χ0) is 18.3. The lowest BCUT2D eigenvalue weighted by atomic mass is 10.1. The first kappa shape index (κ1) is 21.9. The van der Waals surface area contributed by atoms with Crippen LogP contribution in [-0.4, -0.2) is 49.6 Å². The Hall–Kier alpha value is -1.10. The van der Waals surface area contributed by atoms with Crippen molar-refractivity contribution >= 4 is 11.9 Å². The Morgan fingerprint density at radius 3 is 2.32 bits per heavy atom. The minimum Gasteiger partial charge on any atom is -0.459 e. The van der Waals surface area contributed by atoms with E-state index in [1.165, 1.54) is 44.9 Å². The van der Waals surface area contributed by atoms with Crippen LogP contribution in [0.25, 0.3) is 0 Å². The second-order valence-electron chi connectivity index (χ2n) is 7.19. The van der Waals surface area contributed by atoms with Crippen LogP contribution in [0, 0.1) is 0 Å². The van der Waals surface area contributed by atoms with E-state index in [1.807, 2.05) is 11.9 Å². The number of ether oxygens (including phenoxy) is 1. The van der Waals surface area contributed by atoms with E-state index < -0.39 is 0 Å². The molecule has 5 heteroatoms. The van der Waals surface area contributed by atoms with E-state index >= 15 is 0 Å². The molecule has 1 N–H and O–H groups in total. The highest BCUT2D eigenvalue weighted by Crippen LogP contribution is 2.13. The molecule has 1 amide bonds. The van der Waals surface area contributed by atoms with Gasteiger partial charge in [-0.2, -0.15) is 0 Å². The van der Waals surface area contributed by atoms with Crippen molar-refractivity contribution in [2.75, 3.05) is 26.7 Å². The van der Waals surface area contributed by atoms with Crippen molar-refractivity contribution in [3.8, 4) is 0 Å². The quantitative estimate of drug-likeness (QED) is 0.360. The fraction of sp³-hybridized carbons (Fsp3) is 0.900. The number of hydrogen-bond donors (Lipinski definition) is 1. The molecular weight excluding hydrogens is 316 g/mol. The van der Waals surface area contributed by atoms with E-state index in [0.717, 1.165) is 25.8 Å². The van der Waals surface area contributed by atoms with Crippen LogP contribution in [-0.2, 0) is 14.3 Å². The minimum atomic E-state index is -0.238. The molecule has 0 spiro atoms. The number of carbonyl (C=O) groups excluding carboxylic acids is 2. The first-order valence-electron chi connectivity index (χ1n) is 10.3. The maximum atomic E-state index is 12.0. The molecule has 25 heavy (non-hydrogen) atoms. The lowest BCUT2D eigenvalue weighted by molar-refractivity contribution is -0.151. The second kappa shape index (κ2) is 14.1. The van der Waals surface area contributed by atoms with Crippen LogP contribution in [0.1, 0.15) is 84.0 Å². The van der Waals surface area contributed by atoms with Gasteiger partial charge < -0.3 is 15.0 Å². The molecule has 0 aromatic carbocycles. The van der Waals surface area contributed by atoms with Gasteiger partial charge in [-0.1, -0.05) is 58.3 Å². The molecule has 0 radical (unpaired) electrons. The summed E-state index contributed by atoms with van der Waals surface area (Å²) in [6, 6.07) is 0. The fourth-order valence-corrected chi connectivity index (χ4v) is 3.34. The largest absolute Gasteiger partial charge is 0.459 e. The van der Waals surface area contributed by atoms with Crippen LogP contribution in [0.2, 0.25) is 0 Å². The van der Waals surface area contributed by atoms with Crippen LogP contribution in [0.4, 0.5) is 0 Å². The average molecular weight is 355 g/mol. The molecule has 1 saturated heterocycles. The van der Waals surface area contributed by atoms with Gasteiger partial charge in [0.05, 0.1) is 6.54 Å².